The lowest BCUT2D eigenvalue weighted by molar-refractivity contribution is -0.138. The minimum absolute atomic E-state index is 0.146. The first-order valence-electron chi connectivity index (χ1n) is 11.8. The molecule has 0 saturated carbocycles. The first kappa shape index (κ1) is 25.8. The molecule has 1 aromatic heterocycles. The average molecular weight is 593 g/mol. The maximum absolute atomic E-state index is 13.9. The highest BCUT2D eigenvalue weighted by atomic mass is 79.9. The van der Waals surface area contributed by atoms with Gasteiger partial charge in [-0.3, -0.25) is 9.36 Å². The van der Waals surface area contributed by atoms with E-state index in [0.717, 1.165) is 4.47 Å². The Kier molecular flexibility index (Phi) is 7.40. The van der Waals surface area contributed by atoms with Crippen LogP contribution in [0.2, 0.25) is 0 Å². The van der Waals surface area contributed by atoms with Gasteiger partial charge in [0.15, 0.2) is 4.80 Å². The molecule has 0 bridgehead atoms. The van der Waals surface area contributed by atoms with Crippen LogP contribution in [-0.2, 0) is 9.53 Å². The second-order valence-corrected chi connectivity index (χ2v) is 10.3. The maximum Gasteiger partial charge on any atom is 0.338 e. The molecule has 6 nitrogen and oxygen atoms in total. The Morgan fingerprint density at radius 1 is 1.13 bits per heavy atom. The first-order valence-corrected chi connectivity index (χ1v) is 13.4. The van der Waals surface area contributed by atoms with E-state index in [-0.39, 0.29) is 17.7 Å². The van der Waals surface area contributed by atoms with E-state index in [2.05, 4.69) is 15.9 Å². The molecule has 2 heterocycles. The summed E-state index contributed by atoms with van der Waals surface area (Å²) in [6.45, 7) is 1.86. The van der Waals surface area contributed by atoms with Crippen molar-refractivity contribution in [3.05, 3.63) is 125 Å². The van der Waals surface area contributed by atoms with Gasteiger partial charge in [-0.05, 0) is 48.9 Å². The van der Waals surface area contributed by atoms with E-state index >= 15 is 0 Å². The fourth-order valence-electron chi connectivity index (χ4n) is 4.36. The van der Waals surface area contributed by atoms with Crippen molar-refractivity contribution in [2.45, 2.75) is 13.0 Å². The number of halogens is 2. The number of ether oxygens (including phenoxy) is 2. The van der Waals surface area contributed by atoms with Crippen LogP contribution >= 0.6 is 27.3 Å². The predicted octanol–water partition coefficient (Wildman–Crippen LogP) is 4.85. The Morgan fingerprint density at radius 2 is 1.87 bits per heavy atom. The molecule has 1 aliphatic rings. The third-order valence-electron chi connectivity index (χ3n) is 6.04. The van der Waals surface area contributed by atoms with Gasteiger partial charge in [0.25, 0.3) is 5.56 Å². The van der Waals surface area contributed by atoms with Crippen molar-refractivity contribution >= 4 is 45.0 Å². The number of rotatable bonds is 6. The molecule has 0 amide bonds. The van der Waals surface area contributed by atoms with Gasteiger partial charge in [-0.15, -0.1) is 0 Å². The summed E-state index contributed by atoms with van der Waals surface area (Å²) in [7, 11) is 1.56. The molecule has 5 rings (SSSR count). The summed E-state index contributed by atoms with van der Waals surface area (Å²) < 4.78 is 27.5. The molecule has 0 aliphatic carbocycles. The Balaban J connectivity index is 1.84. The van der Waals surface area contributed by atoms with E-state index in [4.69, 9.17) is 14.5 Å². The molecule has 3 aromatic carbocycles. The summed E-state index contributed by atoms with van der Waals surface area (Å²) in [6, 6.07) is 19.7. The van der Waals surface area contributed by atoms with Crippen LogP contribution in [0.25, 0.3) is 11.8 Å². The summed E-state index contributed by atoms with van der Waals surface area (Å²) in [5.41, 5.74) is 2.26. The number of fused-ring (bicyclic) bond motifs is 1. The third-order valence-corrected chi connectivity index (χ3v) is 7.51. The number of methoxy groups -OCH3 is 1. The van der Waals surface area contributed by atoms with Crippen LogP contribution in [0.5, 0.6) is 5.75 Å². The van der Waals surface area contributed by atoms with Crippen LogP contribution in [-0.4, -0.2) is 24.3 Å². The molecule has 0 spiro atoms. The Labute approximate surface area is 230 Å². The zero-order valence-corrected chi connectivity index (χ0v) is 22.9. The zero-order valence-electron chi connectivity index (χ0n) is 20.5. The van der Waals surface area contributed by atoms with E-state index in [9.17, 15) is 14.0 Å². The van der Waals surface area contributed by atoms with Gasteiger partial charge in [-0.2, -0.15) is 0 Å². The summed E-state index contributed by atoms with van der Waals surface area (Å²) in [5.74, 6) is -0.411. The van der Waals surface area contributed by atoms with Crippen molar-refractivity contribution in [2.24, 2.45) is 4.99 Å². The van der Waals surface area contributed by atoms with Gasteiger partial charge in [-0.1, -0.05) is 69.7 Å². The number of thiazole rings is 1. The number of nitrogens with zero attached hydrogens (tertiary/aromatic N) is 2. The van der Waals surface area contributed by atoms with Crippen molar-refractivity contribution in [2.75, 3.05) is 13.7 Å². The minimum atomic E-state index is -0.868. The van der Waals surface area contributed by atoms with E-state index in [1.54, 1.807) is 38.3 Å². The lowest BCUT2D eigenvalue weighted by Crippen LogP contribution is -2.40. The molecule has 38 heavy (non-hydrogen) atoms. The van der Waals surface area contributed by atoms with Crippen molar-refractivity contribution in [1.29, 1.82) is 0 Å². The van der Waals surface area contributed by atoms with Crippen molar-refractivity contribution < 1.29 is 18.7 Å². The van der Waals surface area contributed by atoms with Gasteiger partial charge in [0.2, 0.25) is 0 Å². The number of carbonyl (C=O) groups is 1. The standard InChI is InChI=1S/C29H22BrFN2O4S/c1-3-37-28(35)24-25(17-7-5-4-6-8-17)32-29-33(26(24)18-9-12-21(31)13-10-18)27(34)23(38-29)16-19-15-20(30)11-14-22(19)36-2/h4-16,26H,3H2,1-2H3/b23-16-/t26-/m0/s1. The number of carbonyl (C=O) groups excluding carboxylic acids is 1. The topological polar surface area (TPSA) is 69.9 Å². The van der Waals surface area contributed by atoms with E-state index < -0.39 is 17.8 Å². The third kappa shape index (κ3) is 4.87. The lowest BCUT2D eigenvalue weighted by Gasteiger charge is -2.25. The summed E-state index contributed by atoms with van der Waals surface area (Å²) in [4.78, 5) is 32.5. The number of hydrogen-bond donors (Lipinski definition) is 0. The Bertz CT molecular complexity index is 1730. The molecule has 1 aliphatic heterocycles. The molecule has 0 N–H and O–H groups in total. The summed E-state index contributed by atoms with van der Waals surface area (Å²) >= 11 is 4.68. The van der Waals surface area contributed by atoms with Gasteiger partial charge in [-0.25, -0.2) is 14.2 Å². The first-order chi connectivity index (χ1) is 18.4. The normalized spacial score (nSPS) is 15.2. The monoisotopic (exact) mass is 592 g/mol. The molecule has 9 heteroatoms. The molecular weight excluding hydrogens is 571 g/mol. The quantitative estimate of drug-likeness (QED) is 0.300. The highest BCUT2D eigenvalue weighted by Crippen LogP contribution is 2.35. The highest BCUT2D eigenvalue weighted by molar-refractivity contribution is 9.10. The molecule has 1 atom stereocenters. The van der Waals surface area contributed by atoms with Crippen LogP contribution in [0.15, 0.2) is 92.6 Å². The van der Waals surface area contributed by atoms with Gasteiger partial charge in [0.05, 0.1) is 35.6 Å². The maximum atomic E-state index is 13.9. The van der Waals surface area contributed by atoms with Crippen LogP contribution in [0.3, 0.4) is 0 Å². The molecule has 0 radical (unpaired) electrons. The van der Waals surface area contributed by atoms with Crippen LogP contribution in [0.1, 0.15) is 29.7 Å². The van der Waals surface area contributed by atoms with Crippen LogP contribution in [0, 0.1) is 5.82 Å². The second kappa shape index (κ2) is 10.9. The number of hydrogen-bond acceptors (Lipinski definition) is 6. The van der Waals surface area contributed by atoms with E-state index in [1.165, 1.54) is 28.0 Å². The van der Waals surface area contributed by atoms with Gasteiger partial charge >= 0.3 is 5.97 Å². The fraction of sp³-hybridized carbons (Fsp3) is 0.138. The van der Waals surface area contributed by atoms with Gasteiger partial charge in [0.1, 0.15) is 11.6 Å². The summed E-state index contributed by atoms with van der Waals surface area (Å²) in [6.07, 6.45) is 1.74. The second-order valence-electron chi connectivity index (χ2n) is 8.37. The number of benzene rings is 3. The average Bonchev–Trinajstić information content (AvgIpc) is 3.23. The Hall–Kier alpha value is -3.82. The van der Waals surface area contributed by atoms with Crippen LogP contribution < -0.4 is 19.6 Å². The van der Waals surface area contributed by atoms with Crippen molar-refractivity contribution in [3.8, 4) is 5.75 Å². The molecule has 0 saturated heterocycles. The van der Waals surface area contributed by atoms with Gasteiger partial charge in [0, 0.05) is 15.6 Å². The number of aromatic nitrogens is 1. The van der Waals surface area contributed by atoms with E-state index in [0.29, 0.717) is 37.5 Å². The highest BCUT2D eigenvalue weighted by Gasteiger charge is 2.35. The molecule has 192 valence electrons. The smallest absolute Gasteiger partial charge is 0.338 e. The van der Waals surface area contributed by atoms with E-state index in [1.807, 2.05) is 42.5 Å². The minimum Gasteiger partial charge on any atom is -0.496 e. The number of esters is 1. The predicted molar refractivity (Wildman–Crippen MR) is 148 cm³/mol. The SMILES string of the molecule is CCOC(=O)C1=C(c2ccccc2)N=c2s/c(=C\c3cc(Br)ccc3OC)c(=O)n2[C@H]1c1ccc(F)cc1. The van der Waals surface area contributed by atoms with Crippen LogP contribution in [0.4, 0.5) is 4.39 Å². The molecule has 0 fully saturated rings. The Morgan fingerprint density at radius 3 is 2.55 bits per heavy atom. The van der Waals surface area contributed by atoms with Crippen molar-refractivity contribution in [3.63, 3.8) is 0 Å². The molecule has 4 aromatic rings. The fourth-order valence-corrected chi connectivity index (χ4v) is 5.73. The molecule has 0 unspecified atom stereocenters. The largest absolute Gasteiger partial charge is 0.496 e. The lowest BCUT2D eigenvalue weighted by atomic mass is 9.93. The molecular formula is C29H22BrFN2O4S. The zero-order chi connectivity index (χ0) is 26.8. The summed E-state index contributed by atoms with van der Waals surface area (Å²) in [5, 5.41) is 0. The van der Waals surface area contributed by atoms with Gasteiger partial charge < -0.3 is 9.47 Å². The van der Waals surface area contributed by atoms with Crippen molar-refractivity contribution in [1.82, 2.24) is 4.57 Å².